The Morgan fingerprint density at radius 1 is 1.26 bits per heavy atom. The molecular weight excluding hydrogens is 234 g/mol. The molecule has 0 spiro atoms. The summed E-state index contributed by atoms with van der Waals surface area (Å²) in [6.07, 6.45) is 2.58. The Balaban J connectivity index is 1.77. The summed E-state index contributed by atoms with van der Waals surface area (Å²) in [6, 6.07) is 6.51. The van der Waals surface area contributed by atoms with Crippen LogP contribution in [0.3, 0.4) is 0 Å². The second-order valence-corrected chi connectivity index (χ2v) is 6.45. The van der Waals surface area contributed by atoms with Gasteiger partial charge in [-0.2, -0.15) is 0 Å². The smallest absolute Gasteiger partial charge is 0.123 e. The summed E-state index contributed by atoms with van der Waals surface area (Å²) in [6.45, 7) is 11.1. The molecule has 1 aliphatic rings. The first-order valence-electron chi connectivity index (χ1n) is 7.51. The molecule has 0 bridgehead atoms. The molecule has 0 amide bonds. The maximum atomic E-state index is 6.03. The first-order chi connectivity index (χ1) is 9.04. The van der Waals surface area contributed by atoms with Gasteiger partial charge in [-0.3, -0.25) is 0 Å². The van der Waals surface area contributed by atoms with Gasteiger partial charge in [0.05, 0.1) is 0 Å². The van der Waals surface area contributed by atoms with Crippen LogP contribution >= 0.6 is 0 Å². The minimum absolute atomic E-state index is 0.368. The summed E-state index contributed by atoms with van der Waals surface area (Å²) in [7, 11) is 0. The molecule has 19 heavy (non-hydrogen) atoms. The molecule has 0 fully saturated rings. The third-order valence-corrected chi connectivity index (χ3v) is 3.67. The van der Waals surface area contributed by atoms with Crippen LogP contribution in [0.4, 0.5) is 0 Å². The van der Waals surface area contributed by atoms with E-state index in [-0.39, 0.29) is 0 Å². The van der Waals surface area contributed by atoms with Gasteiger partial charge in [-0.05, 0) is 49.9 Å². The molecule has 0 saturated heterocycles. The van der Waals surface area contributed by atoms with Gasteiger partial charge in [-0.25, -0.2) is 0 Å². The number of rotatable bonds is 6. The Morgan fingerprint density at radius 2 is 2.05 bits per heavy atom. The van der Waals surface area contributed by atoms with Crippen LogP contribution in [0.1, 0.15) is 38.3 Å². The van der Waals surface area contributed by atoms with Crippen molar-refractivity contribution in [1.29, 1.82) is 0 Å². The molecule has 2 unspecified atom stereocenters. The first-order valence-corrected chi connectivity index (χ1v) is 7.51. The topological polar surface area (TPSA) is 21.3 Å². The van der Waals surface area contributed by atoms with Crippen molar-refractivity contribution >= 4 is 0 Å². The highest BCUT2D eigenvalue weighted by Gasteiger charge is 2.24. The van der Waals surface area contributed by atoms with E-state index in [1.807, 2.05) is 0 Å². The predicted molar refractivity (Wildman–Crippen MR) is 80.8 cm³/mol. The average Bonchev–Trinajstić information content (AvgIpc) is 2.69. The summed E-state index contributed by atoms with van der Waals surface area (Å²) < 4.78 is 6.03. The molecule has 1 N–H and O–H groups in total. The average molecular weight is 261 g/mol. The van der Waals surface area contributed by atoms with Crippen LogP contribution in [-0.4, -0.2) is 19.2 Å². The van der Waals surface area contributed by atoms with Crippen LogP contribution in [0.15, 0.2) is 18.2 Å². The molecule has 106 valence electrons. The Labute approximate surface area is 117 Å². The van der Waals surface area contributed by atoms with Crippen LogP contribution in [0, 0.1) is 18.8 Å². The highest BCUT2D eigenvalue weighted by atomic mass is 16.5. The van der Waals surface area contributed by atoms with Crippen LogP contribution in [0.25, 0.3) is 0 Å². The lowest BCUT2D eigenvalue weighted by molar-refractivity contribution is 0.196. The zero-order chi connectivity index (χ0) is 13.8. The standard InChI is InChI=1S/C17H27NO/c1-12(2)10-18-11-14(4)8-16-9-15-7-13(3)5-6-17(15)19-16/h5-7,12,14,16,18H,8-11H2,1-4H3. The van der Waals surface area contributed by atoms with E-state index in [0.717, 1.165) is 37.6 Å². The minimum atomic E-state index is 0.368. The largest absolute Gasteiger partial charge is 0.490 e. The molecular formula is C17H27NO. The molecule has 2 heteroatoms. The summed E-state index contributed by atoms with van der Waals surface area (Å²) in [5, 5.41) is 3.53. The predicted octanol–water partition coefficient (Wildman–Crippen LogP) is 3.57. The zero-order valence-electron chi connectivity index (χ0n) is 12.7. The highest BCUT2D eigenvalue weighted by molar-refractivity contribution is 5.40. The molecule has 1 heterocycles. The summed E-state index contributed by atoms with van der Waals surface area (Å²) in [4.78, 5) is 0. The van der Waals surface area contributed by atoms with E-state index in [1.54, 1.807) is 0 Å². The maximum Gasteiger partial charge on any atom is 0.123 e. The molecule has 2 atom stereocenters. The van der Waals surface area contributed by atoms with Gasteiger partial charge in [0.1, 0.15) is 11.9 Å². The molecule has 1 aromatic rings. The monoisotopic (exact) mass is 261 g/mol. The molecule has 0 saturated carbocycles. The summed E-state index contributed by atoms with van der Waals surface area (Å²) >= 11 is 0. The number of nitrogens with one attached hydrogen (secondary N) is 1. The van der Waals surface area contributed by atoms with Gasteiger partial charge in [-0.15, -0.1) is 0 Å². The van der Waals surface area contributed by atoms with Gasteiger partial charge in [0, 0.05) is 6.42 Å². The van der Waals surface area contributed by atoms with E-state index >= 15 is 0 Å². The number of benzene rings is 1. The van der Waals surface area contributed by atoms with Gasteiger partial charge >= 0.3 is 0 Å². The number of fused-ring (bicyclic) bond motifs is 1. The van der Waals surface area contributed by atoms with E-state index in [4.69, 9.17) is 4.74 Å². The molecule has 0 aromatic heterocycles. The fraction of sp³-hybridized carbons (Fsp3) is 0.647. The number of aryl methyl sites for hydroxylation is 1. The third kappa shape index (κ3) is 4.24. The molecule has 0 radical (unpaired) electrons. The lowest BCUT2D eigenvalue weighted by Gasteiger charge is -2.18. The second kappa shape index (κ2) is 6.42. The lowest BCUT2D eigenvalue weighted by atomic mass is 9.99. The normalized spacial score (nSPS) is 19.3. The van der Waals surface area contributed by atoms with Crippen LogP contribution in [0.2, 0.25) is 0 Å². The maximum absolute atomic E-state index is 6.03. The van der Waals surface area contributed by atoms with Crippen molar-refractivity contribution in [3.8, 4) is 5.75 Å². The van der Waals surface area contributed by atoms with Gasteiger partial charge in [0.15, 0.2) is 0 Å². The molecule has 2 rings (SSSR count). The summed E-state index contributed by atoms with van der Waals surface area (Å²) in [5.41, 5.74) is 2.71. The molecule has 1 aliphatic heterocycles. The number of ether oxygens (including phenoxy) is 1. The van der Waals surface area contributed by atoms with Crippen LogP contribution in [-0.2, 0) is 6.42 Å². The lowest BCUT2D eigenvalue weighted by Crippen LogP contribution is -2.28. The highest BCUT2D eigenvalue weighted by Crippen LogP contribution is 2.31. The van der Waals surface area contributed by atoms with E-state index in [1.165, 1.54) is 11.1 Å². The Morgan fingerprint density at radius 3 is 2.79 bits per heavy atom. The first kappa shape index (κ1) is 14.4. The van der Waals surface area contributed by atoms with E-state index in [0.29, 0.717) is 12.0 Å². The van der Waals surface area contributed by atoms with Gasteiger partial charge < -0.3 is 10.1 Å². The Kier molecular flexibility index (Phi) is 4.87. The van der Waals surface area contributed by atoms with Gasteiger partial charge in [-0.1, -0.05) is 38.5 Å². The van der Waals surface area contributed by atoms with Crippen molar-refractivity contribution < 1.29 is 4.74 Å². The van der Waals surface area contributed by atoms with Gasteiger partial charge in [0.2, 0.25) is 0 Å². The second-order valence-electron chi connectivity index (χ2n) is 6.45. The van der Waals surface area contributed by atoms with Crippen molar-refractivity contribution in [2.24, 2.45) is 11.8 Å². The van der Waals surface area contributed by atoms with Crippen molar-refractivity contribution in [2.45, 2.75) is 46.6 Å². The van der Waals surface area contributed by atoms with Crippen LogP contribution < -0.4 is 10.1 Å². The SMILES string of the molecule is Cc1ccc2c(c1)CC(CC(C)CNCC(C)C)O2. The van der Waals surface area contributed by atoms with Crippen LogP contribution in [0.5, 0.6) is 5.75 Å². The summed E-state index contributed by atoms with van der Waals surface area (Å²) in [5.74, 6) is 2.49. The Bertz CT molecular complexity index is 414. The van der Waals surface area contributed by atoms with Crippen molar-refractivity contribution in [1.82, 2.24) is 5.32 Å². The zero-order valence-corrected chi connectivity index (χ0v) is 12.7. The molecule has 0 aliphatic carbocycles. The van der Waals surface area contributed by atoms with Gasteiger partial charge in [0.25, 0.3) is 0 Å². The number of hydrogen-bond acceptors (Lipinski definition) is 2. The van der Waals surface area contributed by atoms with E-state index in [2.05, 4.69) is 51.2 Å². The minimum Gasteiger partial charge on any atom is -0.490 e. The third-order valence-electron chi connectivity index (χ3n) is 3.67. The fourth-order valence-electron chi connectivity index (χ4n) is 2.73. The quantitative estimate of drug-likeness (QED) is 0.845. The number of hydrogen-bond donors (Lipinski definition) is 1. The van der Waals surface area contributed by atoms with E-state index < -0.39 is 0 Å². The van der Waals surface area contributed by atoms with Crippen molar-refractivity contribution in [3.63, 3.8) is 0 Å². The fourth-order valence-corrected chi connectivity index (χ4v) is 2.73. The van der Waals surface area contributed by atoms with E-state index in [9.17, 15) is 0 Å². The Hall–Kier alpha value is -1.02. The van der Waals surface area contributed by atoms with Crippen molar-refractivity contribution in [2.75, 3.05) is 13.1 Å². The molecule has 2 nitrogen and oxygen atoms in total. The van der Waals surface area contributed by atoms with Crippen molar-refractivity contribution in [3.05, 3.63) is 29.3 Å². The molecule has 1 aromatic carbocycles.